The molecule has 1 amide bonds. The molecule has 0 bridgehead atoms. The van der Waals surface area contributed by atoms with E-state index >= 15 is 0 Å². The Morgan fingerprint density at radius 2 is 1.81 bits per heavy atom. The van der Waals surface area contributed by atoms with E-state index in [1.165, 1.54) is 11.9 Å². The predicted octanol–water partition coefficient (Wildman–Crippen LogP) is 3.24. The van der Waals surface area contributed by atoms with Crippen molar-refractivity contribution < 1.29 is 28.6 Å². The van der Waals surface area contributed by atoms with Gasteiger partial charge in [-0.1, -0.05) is 31.1 Å². The molecule has 0 N–H and O–H groups in total. The first-order valence-corrected chi connectivity index (χ1v) is 9.20. The van der Waals surface area contributed by atoms with Gasteiger partial charge in [-0.15, -0.1) is 0 Å². The van der Waals surface area contributed by atoms with Crippen molar-refractivity contribution in [2.75, 3.05) is 20.3 Å². The molecule has 1 aliphatic rings. The molecule has 0 aromatic heterocycles. The Morgan fingerprint density at radius 3 is 2.37 bits per heavy atom. The van der Waals surface area contributed by atoms with Crippen molar-refractivity contribution in [3.05, 3.63) is 24.3 Å². The number of rotatable bonds is 9. The van der Waals surface area contributed by atoms with Crippen LogP contribution in [0.3, 0.4) is 0 Å². The van der Waals surface area contributed by atoms with Crippen LogP contribution in [0.25, 0.3) is 0 Å². The van der Waals surface area contributed by atoms with Crippen LogP contribution in [0.15, 0.2) is 24.3 Å². The van der Waals surface area contributed by atoms with Crippen molar-refractivity contribution in [1.29, 1.82) is 0 Å². The van der Waals surface area contributed by atoms with E-state index in [0.29, 0.717) is 12.3 Å². The highest BCUT2D eigenvalue weighted by molar-refractivity contribution is 5.83. The number of carbonyl (C=O) groups is 3. The van der Waals surface area contributed by atoms with Gasteiger partial charge < -0.3 is 14.2 Å². The maximum Gasteiger partial charge on any atom is 0.410 e. The minimum atomic E-state index is -0.783. The second kappa shape index (κ2) is 10.7. The summed E-state index contributed by atoms with van der Waals surface area (Å²) in [6.07, 6.45) is 9.02. The lowest BCUT2D eigenvalue weighted by atomic mass is 10.1. The molecule has 0 aromatic rings. The number of amides is 1. The number of esters is 2. The van der Waals surface area contributed by atoms with Crippen LogP contribution in [0.5, 0.6) is 0 Å². The SMILES string of the molecule is C/C=C\C=C\COC(=O)COC(=O)[C@H](CC1CC1)N(C)C(=O)OC(C)(C)C. The first kappa shape index (κ1) is 22.7. The van der Waals surface area contributed by atoms with Crippen LogP contribution >= 0.6 is 0 Å². The fourth-order valence-electron chi connectivity index (χ4n) is 2.20. The maximum atomic E-state index is 12.4. The van der Waals surface area contributed by atoms with Gasteiger partial charge in [0.05, 0.1) is 0 Å². The van der Waals surface area contributed by atoms with Crippen LogP contribution in [0.1, 0.15) is 47.0 Å². The van der Waals surface area contributed by atoms with Crippen molar-refractivity contribution in [2.24, 2.45) is 5.92 Å². The Kier molecular flexibility index (Phi) is 9.05. The second-order valence-corrected chi connectivity index (χ2v) is 7.53. The molecule has 0 saturated heterocycles. The van der Waals surface area contributed by atoms with Crippen molar-refractivity contribution >= 4 is 18.0 Å². The molecular formula is C20H31NO6. The number of likely N-dealkylation sites (N-methyl/N-ethyl adjacent to an activating group) is 1. The first-order valence-electron chi connectivity index (χ1n) is 9.20. The van der Waals surface area contributed by atoms with E-state index in [0.717, 1.165) is 12.8 Å². The van der Waals surface area contributed by atoms with E-state index < -0.39 is 36.3 Å². The Bertz CT molecular complexity index is 572. The number of allylic oxidation sites excluding steroid dienone is 3. The van der Waals surface area contributed by atoms with Gasteiger partial charge in [-0.2, -0.15) is 0 Å². The Morgan fingerprint density at radius 1 is 1.15 bits per heavy atom. The number of nitrogens with zero attached hydrogens (tertiary/aromatic N) is 1. The zero-order valence-electron chi connectivity index (χ0n) is 16.9. The number of hydrogen-bond acceptors (Lipinski definition) is 6. The lowest BCUT2D eigenvalue weighted by Crippen LogP contribution is -2.46. The first-order chi connectivity index (χ1) is 12.6. The van der Waals surface area contributed by atoms with Crippen LogP contribution in [0, 0.1) is 5.92 Å². The summed E-state index contributed by atoms with van der Waals surface area (Å²) in [5.74, 6) is -0.883. The largest absolute Gasteiger partial charge is 0.459 e. The van der Waals surface area contributed by atoms with Crippen LogP contribution in [0.4, 0.5) is 4.79 Å². The predicted molar refractivity (Wildman–Crippen MR) is 101 cm³/mol. The van der Waals surface area contributed by atoms with Crippen LogP contribution < -0.4 is 0 Å². The molecule has 1 saturated carbocycles. The summed E-state index contributed by atoms with van der Waals surface area (Å²) in [5.41, 5.74) is -0.663. The minimum Gasteiger partial charge on any atom is -0.459 e. The number of carbonyl (C=O) groups excluding carboxylic acids is 3. The van der Waals surface area contributed by atoms with Crippen LogP contribution in [-0.4, -0.2) is 54.8 Å². The average Bonchev–Trinajstić information content (AvgIpc) is 3.39. The van der Waals surface area contributed by atoms with E-state index in [2.05, 4.69) is 0 Å². The third kappa shape index (κ3) is 9.82. The maximum absolute atomic E-state index is 12.4. The van der Waals surface area contributed by atoms with Crippen molar-refractivity contribution in [1.82, 2.24) is 4.90 Å². The fraction of sp³-hybridized carbons (Fsp3) is 0.650. The summed E-state index contributed by atoms with van der Waals surface area (Å²) in [4.78, 5) is 37.6. The van der Waals surface area contributed by atoms with E-state index in [1.54, 1.807) is 32.9 Å². The third-order valence-corrected chi connectivity index (χ3v) is 3.79. The number of ether oxygens (including phenoxy) is 3. The molecule has 7 heteroatoms. The summed E-state index contributed by atoms with van der Waals surface area (Å²) in [6.45, 7) is 6.76. The smallest absolute Gasteiger partial charge is 0.410 e. The fourth-order valence-corrected chi connectivity index (χ4v) is 2.20. The Balaban J connectivity index is 2.54. The van der Waals surface area contributed by atoms with Gasteiger partial charge in [0, 0.05) is 7.05 Å². The molecule has 0 aliphatic heterocycles. The monoisotopic (exact) mass is 381 g/mol. The van der Waals surface area contributed by atoms with E-state index in [4.69, 9.17) is 14.2 Å². The molecular weight excluding hydrogens is 350 g/mol. The molecule has 0 radical (unpaired) electrons. The zero-order chi connectivity index (χ0) is 20.4. The van der Waals surface area contributed by atoms with Gasteiger partial charge in [-0.05, 0) is 46.1 Å². The molecule has 0 spiro atoms. The molecule has 0 aromatic carbocycles. The summed E-state index contributed by atoms with van der Waals surface area (Å²) in [5, 5.41) is 0. The van der Waals surface area contributed by atoms with Gasteiger partial charge in [0.25, 0.3) is 0 Å². The highest BCUT2D eigenvalue weighted by Crippen LogP contribution is 2.35. The zero-order valence-corrected chi connectivity index (χ0v) is 16.9. The number of hydrogen-bond donors (Lipinski definition) is 0. The highest BCUT2D eigenvalue weighted by atomic mass is 16.6. The summed E-state index contributed by atoms with van der Waals surface area (Å²) >= 11 is 0. The lowest BCUT2D eigenvalue weighted by molar-refractivity contribution is -0.161. The highest BCUT2D eigenvalue weighted by Gasteiger charge is 2.36. The van der Waals surface area contributed by atoms with Crippen molar-refractivity contribution in [2.45, 2.75) is 58.6 Å². The molecule has 1 rings (SSSR count). The standard InChI is InChI=1S/C20H31NO6/c1-6-7-8-9-12-25-17(22)14-26-18(23)16(13-15-10-11-15)21(5)19(24)27-20(2,3)4/h6-9,15-16H,10-14H2,1-5H3/b7-6-,9-8+/t16-/m0/s1. The van der Waals surface area contributed by atoms with Gasteiger partial charge in [-0.3, -0.25) is 4.90 Å². The normalized spacial score (nSPS) is 15.6. The molecule has 27 heavy (non-hydrogen) atoms. The molecule has 1 aliphatic carbocycles. The van der Waals surface area contributed by atoms with Gasteiger partial charge in [0.2, 0.25) is 0 Å². The van der Waals surface area contributed by atoms with Crippen LogP contribution in [0.2, 0.25) is 0 Å². The van der Waals surface area contributed by atoms with E-state index in [-0.39, 0.29) is 6.61 Å². The lowest BCUT2D eigenvalue weighted by Gasteiger charge is -2.29. The molecule has 1 fully saturated rings. The van der Waals surface area contributed by atoms with Crippen molar-refractivity contribution in [3.63, 3.8) is 0 Å². The molecule has 152 valence electrons. The van der Waals surface area contributed by atoms with Crippen molar-refractivity contribution in [3.8, 4) is 0 Å². The summed E-state index contributed by atoms with van der Waals surface area (Å²) in [6, 6.07) is -0.783. The van der Waals surface area contributed by atoms with E-state index in [1.807, 2.05) is 19.1 Å². The van der Waals surface area contributed by atoms with E-state index in [9.17, 15) is 14.4 Å². The van der Waals surface area contributed by atoms with Crippen LogP contribution in [-0.2, 0) is 23.8 Å². The van der Waals surface area contributed by atoms with Gasteiger partial charge in [0.1, 0.15) is 18.2 Å². The molecule has 1 atom stereocenters. The second-order valence-electron chi connectivity index (χ2n) is 7.53. The molecule has 0 unspecified atom stereocenters. The summed E-state index contributed by atoms with van der Waals surface area (Å²) in [7, 11) is 1.51. The topological polar surface area (TPSA) is 82.1 Å². The minimum absolute atomic E-state index is 0.101. The third-order valence-electron chi connectivity index (χ3n) is 3.79. The quantitative estimate of drug-likeness (QED) is 0.346. The van der Waals surface area contributed by atoms with Gasteiger partial charge in [-0.25, -0.2) is 14.4 Å². The summed E-state index contributed by atoms with van der Waals surface area (Å²) < 4.78 is 15.3. The molecule has 0 heterocycles. The van der Waals surface area contributed by atoms with Gasteiger partial charge >= 0.3 is 18.0 Å². The van der Waals surface area contributed by atoms with Gasteiger partial charge in [0.15, 0.2) is 6.61 Å². The molecule has 7 nitrogen and oxygen atoms in total. The Hall–Kier alpha value is -2.31. The average molecular weight is 381 g/mol. The Labute approximate surface area is 161 Å².